The van der Waals surface area contributed by atoms with Crippen molar-refractivity contribution in [2.24, 2.45) is 0 Å². The van der Waals surface area contributed by atoms with E-state index in [1.165, 1.54) is 11.1 Å². The second-order valence-electron chi connectivity index (χ2n) is 8.13. The van der Waals surface area contributed by atoms with Gasteiger partial charge in [0.15, 0.2) is 5.69 Å². The highest BCUT2D eigenvalue weighted by Gasteiger charge is 2.16. The Bertz CT molecular complexity index is 1330. The van der Waals surface area contributed by atoms with Crippen LogP contribution in [0.3, 0.4) is 0 Å². The van der Waals surface area contributed by atoms with Crippen LogP contribution in [-0.4, -0.2) is 57.2 Å². The standard InChI is InChI=1S/C24H25N7O3/c1-14(2)34-21-8-6-17(13-26-21)27-23(32)22-19-10-15(5-7-20(19)29-30-22)16-9-18(12-25-11-16)28-24(33)31(3)4/h5-14H,1-4H3,(H,27,32)(H,28,33)(H,29,30). The first kappa shape index (κ1) is 22.7. The molecule has 0 spiro atoms. The highest BCUT2D eigenvalue weighted by atomic mass is 16.5. The molecular weight excluding hydrogens is 434 g/mol. The molecule has 3 heterocycles. The van der Waals surface area contributed by atoms with E-state index in [0.29, 0.717) is 22.6 Å². The van der Waals surface area contributed by atoms with Crippen LogP contribution in [0.15, 0.2) is 55.0 Å². The molecule has 10 heteroatoms. The number of amides is 3. The van der Waals surface area contributed by atoms with Crippen LogP contribution in [0.1, 0.15) is 24.3 Å². The number of anilines is 2. The van der Waals surface area contributed by atoms with Crippen molar-refractivity contribution in [3.05, 3.63) is 60.7 Å². The van der Waals surface area contributed by atoms with Gasteiger partial charge in [0.1, 0.15) is 0 Å². The molecule has 0 fully saturated rings. The van der Waals surface area contributed by atoms with Gasteiger partial charge < -0.3 is 20.3 Å². The van der Waals surface area contributed by atoms with Crippen molar-refractivity contribution in [3.63, 3.8) is 0 Å². The Hall–Kier alpha value is -4.47. The van der Waals surface area contributed by atoms with E-state index in [1.807, 2.05) is 38.1 Å². The van der Waals surface area contributed by atoms with Gasteiger partial charge in [0.25, 0.3) is 5.91 Å². The lowest BCUT2D eigenvalue weighted by atomic mass is 10.0. The van der Waals surface area contributed by atoms with Gasteiger partial charge in [-0.2, -0.15) is 5.10 Å². The van der Waals surface area contributed by atoms with E-state index < -0.39 is 0 Å². The molecule has 0 aliphatic heterocycles. The Morgan fingerprint density at radius 3 is 2.50 bits per heavy atom. The largest absolute Gasteiger partial charge is 0.475 e. The minimum absolute atomic E-state index is 0.0118. The molecule has 0 saturated carbocycles. The summed E-state index contributed by atoms with van der Waals surface area (Å²) in [6.45, 7) is 3.83. The number of benzene rings is 1. The number of pyridine rings is 2. The molecule has 4 aromatic rings. The molecule has 3 N–H and O–H groups in total. The molecule has 0 radical (unpaired) electrons. The maximum atomic E-state index is 12.9. The molecule has 0 aliphatic carbocycles. The molecule has 4 rings (SSSR count). The summed E-state index contributed by atoms with van der Waals surface area (Å²) < 4.78 is 5.53. The van der Waals surface area contributed by atoms with Crippen LogP contribution in [0.2, 0.25) is 0 Å². The zero-order chi connectivity index (χ0) is 24.2. The smallest absolute Gasteiger partial charge is 0.321 e. The fourth-order valence-corrected chi connectivity index (χ4v) is 3.22. The first-order valence-corrected chi connectivity index (χ1v) is 10.7. The van der Waals surface area contributed by atoms with Crippen molar-refractivity contribution < 1.29 is 14.3 Å². The van der Waals surface area contributed by atoms with E-state index in [2.05, 4.69) is 30.8 Å². The highest BCUT2D eigenvalue weighted by molar-refractivity contribution is 6.11. The van der Waals surface area contributed by atoms with Gasteiger partial charge in [0.2, 0.25) is 5.88 Å². The van der Waals surface area contributed by atoms with Crippen LogP contribution < -0.4 is 15.4 Å². The van der Waals surface area contributed by atoms with Gasteiger partial charge in [-0.1, -0.05) is 6.07 Å². The average Bonchev–Trinajstić information content (AvgIpc) is 3.23. The summed E-state index contributed by atoms with van der Waals surface area (Å²) in [5, 5.41) is 13.3. The predicted molar refractivity (Wildman–Crippen MR) is 130 cm³/mol. The number of carbonyl (C=O) groups is 2. The van der Waals surface area contributed by atoms with Gasteiger partial charge in [0.05, 0.1) is 35.4 Å². The molecule has 3 aromatic heterocycles. The van der Waals surface area contributed by atoms with E-state index in [9.17, 15) is 9.59 Å². The second kappa shape index (κ2) is 9.57. The summed E-state index contributed by atoms with van der Waals surface area (Å²) in [7, 11) is 3.33. The zero-order valence-electron chi connectivity index (χ0n) is 19.3. The number of hydrogen-bond donors (Lipinski definition) is 3. The van der Waals surface area contributed by atoms with Crippen molar-refractivity contribution in [1.29, 1.82) is 0 Å². The van der Waals surface area contributed by atoms with Gasteiger partial charge >= 0.3 is 6.03 Å². The van der Waals surface area contributed by atoms with Crippen molar-refractivity contribution >= 4 is 34.2 Å². The number of urea groups is 1. The van der Waals surface area contributed by atoms with Crippen molar-refractivity contribution in [2.45, 2.75) is 20.0 Å². The fraction of sp³-hybridized carbons (Fsp3) is 0.208. The lowest BCUT2D eigenvalue weighted by Gasteiger charge is -2.12. The number of H-pyrrole nitrogens is 1. The van der Waals surface area contributed by atoms with Gasteiger partial charge in [-0.05, 0) is 43.7 Å². The number of hydrogen-bond acceptors (Lipinski definition) is 6. The molecule has 34 heavy (non-hydrogen) atoms. The van der Waals surface area contributed by atoms with E-state index in [4.69, 9.17) is 4.74 Å². The summed E-state index contributed by atoms with van der Waals surface area (Å²) in [6, 6.07) is 10.6. The van der Waals surface area contributed by atoms with Crippen LogP contribution in [0.25, 0.3) is 22.0 Å². The SMILES string of the molecule is CC(C)Oc1ccc(NC(=O)c2n[nH]c3ccc(-c4cncc(NC(=O)N(C)C)c4)cc23)cn1. The normalized spacial score (nSPS) is 10.9. The van der Waals surface area contributed by atoms with Gasteiger partial charge in [-0.25, -0.2) is 9.78 Å². The molecule has 174 valence electrons. The van der Waals surface area contributed by atoms with Crippen LogP contribution >= 0.6 is 0 Å². The Kier molecular flexibility index (Phi) is 6.39. The van der Waals surface area contributed by atoms with Crippen molar-refractivity contribution in [2.75, 3.05) is 24.7 Å². The van der Waals surface area contributed by atoms with E-state index in [0.717, 1.165) is 16.6 Å². The summed E-state index contributed by atoms with van der Waals surface area (Å²) in [5.41, 5.74) is 3.69. The summed E-state index contributed by atoms with van der Waals surface area (Å²) >= 11 is 0. The molecule has 0 bridgehead atoms. The van der Waals surface area contributed by atoms with Crippen molar-refractivity contribution in [1.82, 2.24) is 25.1 Å². The Balaban J connectivity index is 1.57. The number of ether oxygens (including phenoxy) is 1. The molecule has 3 amide bonds. The molecular formula is C24H25N7O3. The molecule has 0 saturated heterocycles. The van der Waals surface area contributed by atoms with Crippen LogP contribution in [-0.2, 0) is 0 Å². The topological polar surface area (TPSA) is 125 Å². The van der Waals surface area contributed by atoms with Crippen LogP contribution in [0, 0.1) is 0 Å². The van der Waals surface area contributed by atoms with Gasteiger partial charge in [-0.3, -0.25) is 14.9 Å². The van der Waals surface area contributed by atoms with Crippen LogP contribution in [0.4, 0.5) is 16.2 Å². The third-order valence-electron chi connectivity index (χ3n) is 4.86. The molecule has 0 atom stereocenters. The Morgan fingerprint density at radius 2 is 1.79 bits per heavy atom. The molecule has 1 aromatic carbocycles. The van der Waals surface area contributed by atoms with Crippen molar-refractivity contribution in [3.8, 4) is 17.0 Å². The molecule has 0 unspecified atom stereocenters. The first-order chi connectivity index (χ1) is 16.3. The fourth-order valence-electron chi connectivity index (χ4n) is 3.22. The molecule has 0 aliphatic rings. The average molecular weight is 460 g/mol. The number of fused-ring (bicyclic) bond motifs is 1. The maximum Gasteiger partial charge on any atom is 0.321 e. The Labute approximate surface area is 196 Å². The summed E-state index contributed by atoms with van der Waals surface area (Å²) in [5.74, 6) is 0.119. The highest BCUT2D eigenvalue weighted by Crippen LogP contribution is 2.27. The van der Waals surface area contributed by atoms with E-state index in [1.54, 1.807) is 38.6 Å². The number of nitrogens with zero attached hydrogens (tertiary/aromatic N) is 4. The minimum Gasteiger partial charge on any atom is -0.475 e. The summed E-state index contributed by atoms with van der Waals surface area (Å²) in [4.78, 5) is 34.7. The predicted octanol–water partition coefficient (Wildman–Crippen LogP) is 4.15. The third-order valence-corrected chi connectivity index (χ3v) is 4.86. The maximum absolute atomic E-state index is 12.9. The lowest BCUT2D eigenvalue weighted by molar-refractivity contribution is 0.102. The number of carbonyl (C=O) groups excluding carboxylic acids is 2. The van der Waals surface area contributed by atoms with Crippen LogP contribution in [0.5, 0.6) is 5.88 Å². The first-order valence-electron chi connectivity index (χ1n) is 10.7. The number of rotatable bonds is 6. The zero-order valence-corrected chi connectivity index (χ0v) is 19.3. The third kappa shape index (κ3) is 5.12. The van der Waals surface area contributed by atoms with Gasteiger partial charge in [0, 0.05) is 37.3 Å². The Morgan fingerprint density at radius 1 is 0.971 bits per heavy atom. The van der Waals surface area contributed by atoms with E-state index in [-0.39, 0.29) is 23.7 Å². The number of aromatic nitrogens is 4. The number of nitrogens with one attached hydrogen (secondary N) is 3. The van der Waals surface area contributed by atoms with E-state index >= 15 is 0 Å². The monoisotopic (exact) mass is 459 g/mol. The minimum atomic E-state index is -0.368. The second-order valence-corrected chi connectivity index (χ2v) is 8.13. The van der Waals surface area contributed by atoms with Gasteiger partial charge in [-0.15, -0.1) is 0 Å². The molecule has 10 nitrogen and oxygen atoms in total. The quantitative estimate of drug-likeness (QED) is 0.398. The summed E-state index contributed by atoms with van der Waals surface area (Å²) in [6.07, 6.45) is 4.82. The lowest BCUT2D eigenvalue weighted by Crippen LogP contribution is -2.27. The number of aromatic amines is 1.